The number of anilines is 1. The third kappa shape index (κ3) is 7.44. The monoisotopic (exact) mass is 626 g/mol. The molecule has 1 aliphatic heterocycles. The third-order valence-electron chi connectivity index (χ3n) is 6.35. The van der Waals surface area contributed by atoms with Crippen LogP contribution in [0.5, 0.6) is 0 Å². The molecule has 2 aromatic heterocycles. The molecule has 3 aromatic rings. The molecule has 0 unspecified atom stereocenters. The van der Waals surface area contributed by atoms with Crippen molar-refractivity contribution in [2.45, 2.75) is 76.6 Å². The van der Waals surface area contributed by atoms with Gasteiger partial charge in [0.2, 0.25) is 5.60 Å². The lowest BCUT2D eigenvalue weighted by molar-refractivity contribution is -0.299. The summed E-state index contributed by atoms with van der Waals surface area (Å²) in [5.74, 6) is -2.84. The van der Waals surface area contributed by atoms with Crippen LogP contribution in [-0.4, -0.2) is 38.8 Å². The summed E-state index contributed by atoms with van der Waals surface area (Å²) in [7, 11) is 0. The second-order valence-electron chi connectivity index (χ2n) is 10.9. The van der Waals surface area contributed by atoms with Gasteiger partial charge < -0.3 is 13.9 Å². The number of nitrogens with zero attached hydrogens (tertiary/aromatic N) is 3. The van der Waals surface area contributed by atoms with E-state index in [9.17, 15) is 35.9 Å². The number of pyridine rings is 1. The molecule has 9 nitrogen and oxygen atoms in total. The van der Waals surface area contributed by atoms with Gasteiger partial charge in [0.25, 0.3) is 11.8 Å². The van der Waals surface area contributed by atoms with Crippen molar-refractivity contribution in [1.29, 1.82) is 0 Å². The highest BCUT2D eigenvalue weighted by molar-refractivity contribution is 5.98. The first-order chi connectivity index (χ1) is 20.5. The van der Waals surface area contributed by atoms with Crippen LogP contribution in [0.4, 0.5) is 36.8 Å². The van der Waals surface area contributed by atoms with Crippen molar-refractivity contribution in [1.82, 2.24) is 15.2 Å². The summed E-state index contributed by atoms with van der Waals surface area (Å²) in [6.45, 7) is 4.02. The number of alkyl halides is 6. The Hall–Kier alpha value is -4.27. The summed E-state index contributed by atoms with van der Waals surface area (Å²) in [5, 5.41) is 9.34. The standard InChI is InChI=1S/C29H28F6N4O5/c1-26(2,3)44-25(41)36-19-15-18(28(30,31)32)21-20(40)13-9-4-5-10-14-27(29(33,34)35,42-16-17-11-7-6-8-12-17)24-39-38-23(43-24)22(19)37-21/h4-8,11-12,15H,9-10,13-14,16H2,1-3H3,(H,36,41)/b5-4-/t27-/m1/s1. The number of ether oxygens (including phenoxy) is 2. The minimum Gasteiger partial charge on any atom is -0.444 e. The first-order valence-electron chi connectivity index (χ1n) is 13.4. The van der Waals surface area contributed by atoms with Gasteiger partial charge in [-0.25, -0.2) is 9.78 Å². The van der Waals surface area contributed by atoms with Crippen molar-refractivity contribution in [2.75, 3.05) is 5.32 Å². The third-order valence-corrected chi connectivity index (χ3v) is 6.35. The lowest BCUT2D eigenvalue weighted by atomic mass is 9.95. The lowest BCUT2D eigenvalue weighted by Crippen LogP contribution is -2.45. The van der Waals surface area contributed by atoms with E-state index in [-0.39, 0.29) is 12.8 Å². The van der Waals surface area contributed by atoms with Crippen LogP contribution in [0.15, 0.2) is 53.0 Å². The molecular weight excluding hydrogens is 598 g/mol. The van der Waals surface area contributed by atoms with E-state index >= 15 is 0 Å². The average molecular weight is 627 g/mol. The molecule has 0 saturated carbocycles. The van der Waals surface area contributed by atoms with E-state index in [4.69, 9.17) is 13.9 Å². The molecule has 4 rings (SSSR count). The number of allylic oxidation sites excluding steroid dienone is 2. The predicted octanol–water partition coefficient (Wildman–Crippen LogP) is 7.78. The minimum absolute atomic E-state index is 0.0761. The van der Waals surface area contributed by atoms with E-state index in [1.54, 1.807) is 30.3 Å². The number of ketones is 1. The van der Waals surface area contributed by atoms with E-state index in [1.165, 1.54) is 32.9 Å². The molecule has 0 radical (unpaired) electrons. The van der Waals surface area contributed by atoms with Gasteiger partial charge in [-0.1, -0.05) is 42.5 Å². The molecule has 1 aliphatic rings. The number of hydrogen-bond donors (Lipinski definition) is 1. The number of halogens is 6. The Bertz CT molecular complexity index is 1530. The fourth-order valence-electron chi connectivity index (χ4n) is 4.32. The van der Waals surface area contributed by atoms with E-state index < -0.39 is 89.3 Å². The highest BCUT2D eigenvalue weighted by atomic mass is 19.4. The summed E-state index contributed by atoms with van der Waals surface area (Å²) >= 11 is 0. The summed E-state index contributed by atoms with van der Waals surface area (Å²) < 4.78 is 103. The SMILES string of the molecule is CC(C)(C)OC(=O)Nc1cc(C(F)(F)F)c2nc1-c1nnc(o1)[C@@](OCc1ccccc1)(C(F)(F)F)CC/C=C\CCC2=O. The summed E-state index contributed by atoms with van der Waals surface area (Å²) in [4.78, 5) is 29.3. The zero-order chi connectivity index (χ0) is 32.3. The van der Waals surface area contributed by atoms with Crippen molar-refractivity contribution < 1.29 is 49.8 Å². The zero-order valence-corrected chi connectivity index (χ0v) is 23.8. The number of hydrogen-bond acceptors (Lipinski definition) is 8. The van der Waals surface area contributed by atoms with Gasteiger partial charge in [-0.05, 0) is 51.7 Å². The maximum absolute atomic E-state index is 14.9. The Morgan fingerprint density at radius 2 is 1.68 bits per heavy atom. The number of aromatic nitrogens is 3. The maximum atomic E-state index is 14.9. The molecule has 15 heteroatoms. The highest BCUT2D eigenvalue weighted by Gasteiger charge is 2.61. The van der Waals surface area contributed by atoms with Crippen LogP contribution in [0, 0.1) is 0 Å². The van der Waals surface area contributed by atoms with Gasteiger partial charge in [-0.15, -0.1) is 10.2 Å². The van der Waals surface area contributed by atoms with Gasteiger partial charge in [0.15, 0.2) is 11.5 Å². The lowest BCUT2D eigenvalue weighted by Gasteiger charge is -2.32. The topological polar surface area (TPSA) is 116 Å². The number of carbonyl (C=O) groups excluding carboxylic acids is 2. The average Bonchev–Trinajstić information content (AvgIpc) is 3.40. The van der Waals surface area contributed by atoms with Crippen LogP contribution < -0.4 is 5.32 Å². The molecule has 1 N–H and O–H groups in total. The molecule has 236 valence electrons. The highest BCUT2D eigenvalue weighted by Crippen LogP contribution is 2.47. The first-order valence-corrected chi connectivity index (χ1v) is 13.4. The fraction of sp³-hybridized carbons (Fsp3) is 0.414. The van der Waals surface area contributed by atoms with Crippen LogP contribution in [0.25, 0.3) is 11.6 Å². The Morgan fingerprint density at radius 1 is 1.00 bits per heavy atom. The smallest absolute Gasteiger partial charge is 0.426 e. The molecule has 1 aromatic carbocycles. The van der Waals surface area contributed by atoms with E-state index in [0.717, 1.165) is 0 Å². The van der Waals surface area contributed by atoms with Crippen LogP contribution in [0.1, 0.15) is 74.0 Å². The van der Waals surface area contributed by atoms with E-state index in [2.05, 4.69) is 20.5 Å². The quantitative estimate of drug-likeness (QED) is 0.231. The summed E-state index contributed by atoms with van der Waals surface area (Å²) in [6, 6.07) is 8.46. The number of fused-ring (bicyclic) bond motifs is 5. The largest absolute Gasteiger partial charge is 0.444 e. The number of carbonyl (C=O) groups is 2. The Morgan fingerprint density at radius 3 is 2.32 bits per heavy atom. The second-order valence-corrected chi connectivity index (χ2v) is 10.9. The number of amides is 1. The van der Waals surface area contributed by atoms with Crippen LogP contribution in [-0.2, 0) is 27.9 Å². The van der Waals surface area contributed by atoms with Crippen LogP contribution in [0.3, 0.4) is 0 Å². The molecule has 4 bridgehead atoms. The van der Waals surface area contributed by atoms with Gasteiger partial charge >= 0.3 is 18.4 Å². The first kappa shape index (κ1) is 32.6. The molecule has 44 heavy (non-hydrogen) atoms. The van der Waals surface area contributed by atoms with Crippen molar-refractivity contribution in [3.8, 4) is 11.6 Å². The molecule has 1 amide bonds. The molecule has 0 saturated heterocycles. The van der Waals surface area contributed by atoms with Crippen molar-refractivity contribution in [2.24, 2.45) is 0 Å². The van der Waals surface area contributed by atoms with Crippen LogP contribution >= 0.6 is 0 Å². The van der Waals surface area contributed by atoms with Gasteiger partial charge in [0.1, 0.15) is 11.3 Å². The Labute approximate surface area is 247 Å². The molecule has 1 atom stereocenters. The van der Waals surface area contributed by atoms with Gasteiger partial charge in [0.05, 0.1) is 17.9 Å². The molecular formula is C29H28F6N4O5. The van der Waals surface area contributed by atoms with Gasteiger partial charge in [-0.2, -0.15) is 26.3 Å². The maximum Gasteiger partial charge on any atom is 0.426 e. The van der Waals surface area contributed by atoms with Crippen molar-refractivity contribution >= 4 is 17.6 Å². The van der Waals surface area contributed by atoms with E-state index in [0.29, 0.717) is 11.6 Å². The Balaban J connectivity index is 1.92. The zero-order valence-electron chi connectivity index (χ0n) is 23.8. The van der Waals surface area contributed by atoms with E-state index in [1.807, 2.05) is 0 Å². The fourth-order valence-corrected chi connectivity index (χ4v) is 4.32. The number of Topliss-reactive ketones (excluding diaryl/α,β-unsaturated/α-hetero) is 1. The molecule has 0 spiro atoms. The number of rotatable bonds is 4. The number of nitrogens with one attached hydrogen (secondary N) is 1. The molecule has 3 heterocycles. The minimum atomic E-state index is -5.10. The van der Waals surface area contributed by atoms with Crippen molar-refractivity contribution in [3.05, 3.63) is 71.3 Å². The predicted molar refractivity (Wildman–Crippen MR) is 143 cm³/mol. The van der Waals surface area contributed by atoms with Crippen molar-refractivity contribution in [3.63, 3.8) is 0 Å². The van der Waals surface area contributed by atoms with Gasteiger partial charge in [-0.3, -0.25) is 10.1 Å². The van der Waals surface area contributed by atoms with Crippen LogP contribution in [0.2, 0.25) is 0 Å². The molecule has 0 aliphatic carbocycles. The molecule has 0 fully saturated rings. The second kappa shape index (κ2) is 12.4. The summed E-state index contributed by atoms with van der Waals surface area (Å²) in [5.41, 5.74) is -7.65. The summed E-state index contributed by atoms with van der Waals surface area (Å²) in [6.07, 6.45) is -10.1. The normalized spacial score (nSPS) is 18.8. The van der Waals surface area contributed by atoms with Gasteiger partial charge in [0, 0.05) is 6.42 Å². The Kier molecular flexibility index (Phi) is 9.18. The number of benzene rings is 1.